The van der Waals surface area contributed by atoms with Crippen molar-refractivity contribution in [1.29, 1.82) is 0 Å². The summed E-state index contributed by atoms with van der Waals surface area (Å²) in [4.78, 5) is 6.53. The quantitative estimate of drug-likeness (QED) is 0.832. The smallest absolute Gasteiger partial charge is 0.297 e. The molecule has 0 saturated carbocycles. The second-order valence-electron chi connectivity index (χ2n) is 4.75. The first kappa shape index (κ1) is 13.7. The number of rotatable bonds is 7. The van der Waals surface area contributed by atoms with E-state index in [2.05, 4.69) is 31.1 Å². The first-order valence-corrected chi connectivity index (χ1v) is 6.64. The van der Waals surface area contributed by atoms with Crippen LogP contribution in [0.25, 0.3) is 0 Å². The van der Waals surface area contributed by atoms with Crippen LogP contribution in [0.4, 0.5) is 6.01 Å². The average Bonchev–Trinajstić information content (AvgIpc) is 3.04. The number of oxazole rings is 1. The van der Waals surface area contributed by atoms with E-state index in [1.54, 1.807) is 12.5 Å². The number of nitrogens with one attached hydrogen (secondary N) is 1. The van der Waals surface area contributed by atoms with Crippen LogP contribution in [0.3, 0.4) is 0 Å². The lowest BCUT2D eigenvalue weighted by atomic mass is 10.4. The van der Waals surface area contributed by atoms with E-state index in [9.17, 15) is 0 Å². The second kappa shape index (κ2) is 6.43. The maximum atomic E-state index is 5.53. The molecule has 1 N–H and O–H groups in total. The Labute approximate surface area is 113 Å². The number of nitrogens with zero attached hydrogens (tertiary/aromatic N) is 2. The van der Waals surface area contributed by atoms with Crippen LogP contribution in [0.15, 0.2) is 33.5 Å². The molecule has 5 heteroatoms. The fourth-order valence-corrected chi connectivity index (χ4v) is 1.74. The highest BCUT2D eigenvalue weighted by molar-refractivity contribution is 5.27. The first-order chi connectivity index (χ1) is 9.19. The molecular formula is C14H21N3O2. The van der Waals surface area contributed by atoms with E-state index in [0.29, 0.717) is 18.6 Å². The molecule has 0 fully saturated rings. The fourth-order valence-electron chi connectivity index (χ4n) is 1.74. The monoisotopic (exact) mass is 263 g/mol. The second-order valence-corrected chi connectivity index (χ2v) is 4.75. The highest BCUT2D eigenvalue weighted by Gasteiger charge is 2.13. The third kappa shape index (κ3) is 3.86. The third-order valence-corrected chi connectivity index (χ3v) is 2.81. The Morgan fingerprint density at radius 1 is 1.37 bits per heavy atom. The molecule has 0 radical (unpaired) electrons. The largest absolute Gasteiger partial charge is 0.467 e. The van der Waals surface area contributed by atoms with Gasteiger partial charge >= 0.3 is 0 Å². The summed E-state index contributed by atoms with van der Waals surface area (Å²) in [6, 6.07) is 4.91. The van der Waals surface area contributed by atoms with Gasteiger partial charge in [-0.25, -0.2) is 0 Å². The number of hydrogen-bond donors (Lipinski definition) is 1. The Hall–Kier alpha value is -1.75. The van der Waals surface area contributed by atoms with Crippen LogP contribution in [-0.4, -0.2) is 17.6 Å². The van der Waals surface area contributed by atoms with E-state index >= 15 is 0 Å². The predicted octanol–water partition coefficient (Wildman–Crippen LogP) is 2.79. The van der Waals surface area contributed by atoms with Crippen molar-refractivity contribution in [3.8, 4) is 0 Å². The van der Waals surface area contributed by atoms with Crippen molar-refractivity contribution in [1.82, 2.24) is 10.3 Å². The molecule has 0 atom stereocenters. The Morgan fingerprint density at radius 3 is 2.84 bits per heavy atom. The van der Waals surface area contributed by atoms with Gasteiger partial charge in [-0.15, -0.1) is 0 Å². The van der Waals surface area contributed by atoms with Crippen LogP contribution < -0.4 is 10.2 Å². The molecule has 2 aromatic rings. The topological polar surface area (TPSA) is 54.4 Å². The summed E-state index contributed by atoms with van der Waals surface area (Å²) < 4.78 is 10.9. The van der Waals surface area contributed by atoms with E-state index in [1.807, 2.05) is 17.0 Å². The van der Waals surface area contributed by atoms with Crippen LogP contribution in [0.2, 0.25) is 0 Å². The van der Waals surface area contributed by atoms with Gasteiger partial charge < -0.3 is 19.1 Å². The Morgan fingerprint density at radius 2 is 2.21 bits per heavy atom. The summed E-state index contributed by atoms with van der Waals surface area (Å²) in [7, 11) is 0. The highest BCUT2D eigenvalue weighted by atomic mass is 16.4. The summed E-state index contributed by atoms with van der Waals surface area (Å²) >= 11 is 0. The summed E-state index contributed by atoms with van der Waals surface area (Å²) in [5.41, 5.74) is 0.918. The van der Waals surface area contributed by atoms with Gasteiger partial charge in [-0.1, -0.05) is 13.8 Å². The molecule has 2 rings (SSSR count). The fraction of sp³-hybridized carbons (Fsp3) is 0.500. The standard InChI is InChI=1S/C14H21N3O2/c1-4-17(9-13-6-5-7-18-13)14-16-12(10-19-14)8-15-11(2)3/h5-7,10-11,15H,4,8-9H2,1-3H3. The van der Waals surface area contributed by atoms with Crippen LogP contribution in [-0.2, 0) is 13.1 Å². The van der Waals surface area contributed by atoms with E-state index in [-0.39, 0.29) is 0 Å². The summed E-state index contributed by atoms with van der Waals surface area (Å²) in [5, 5.41) is 3.32. The maximum absolute atomic E-state index is 5.53. The molecule has 0 saturated heterocycles. The van der Waals surface area contributed by atoms with Gasteiger partial charge in [0.15, 0.2) is 0 Å². The molecule has 0 aliphatic rings. The third-order valence-electron chi connectivity index (χ3n) is 2.81. The number of aromatic nitrogens is 1. The van der Waals surface area contributed by atoms with Gasteiger partial charge in [0.25, 0.3) is 6.01 Å². The maximum Gasteiger partial charge on any atom is 0.297 e. The molecule has 0 bridgehead atoms. The van der Waals surface area contributed by atoms with Crippen molar-refractivity contribution in [3.63, 3.8) is 0 Å². The zero-order chi connectivity index (χ0) is 13.7. The van der Waals surface area contributed by atoms with Gasteiger partial charge in [-0.2, -0.15) is 4.98 Å². The number of anilines is 1. The Bertz CT molecular complexity index is 477. The van der Waals surface area contributed by atoms with Gasteiger partial charge in [-0.3, -0.25) is 0 Å². The minimum atomic E-state index is 0.436. The number of furan rings is 1. The van der Waals surface area contributed by atoms with Crippen LogP contribution >= 0.6 is 0 Å². The van der Waals surface area contributed by atoms with E-state index in [0.717, 1.165) is 24.5 Å². The summed E-state index contributed by atoms with van der Waals surface area (Å²) in [6.45, 7) is 8.49. The molecule has 19 heavy (non-hydrogen) atoms. The van der Waals surface area contributed by atoms with E-state index in [1.165, 1.54) is 0 Å². The lowest BCUT2D eigenvalue weighted by Gasteiger charge is -2.16. The van der Waals surface area contributed by atoms with Gasteiger partial charge in [-0.05, 0) is 19.1 Å². The zero-order valence-corrected chi connectivity index (χ0v) is 11.7. The van der Waals surface area contributed by atoms with Crippen LogP contribution in [0.1, 0.15) is 32.2 Å². The van der Waals surface area contributed by atoms with Gasteiger partial charge in [0, 0.05) is 19.1 Å². The molecule has 0 unspecified atom stereocenters. The first-order valence-electron chi connectivity index (χ1n) is 6.64. The van der Waals surface area contributed by atoms with Crippen molar-refractivity contribution >= 4 is 6.01 Å². The molecule has 0 amide bonds. The Kier molecular flexibility index (Phi) is 4.63. The van der Waals surface area contributed by atoms with Crippen LogP contribution in [0.5, 0.6) is 0 Å². The highest BCUT2D eigenvalue weighted by Crippen LogP contribution is 2.16. The molecule has 5 nitrogen and oxygen atoms in total. The lowest BCUT2D eigenvalue weighted by Crippen LogP contribution is -2.23. The van der Waals surface area contributed by atoms with E-state index < -0.39 is 0 Å². The average molecular weight is 263 g/mol. The predicted molar refractivity (Wildman–Crippen MR) is 73.9 cm³/mol. The van der Waals surface area contributed by atoms with Crippen molar-refractivity contribution < 1.29 is 8.83 Å². The minimum absolute atomic E-state index is 0.436. The minimum Gasteiger partial charge on any atom is -0.467 e. The Balaban J connectivity index is 1.98. The summed E-state index contributed by atoms with van der Waals surface area (Å²) in [6.07, 6.45) is 3.38. The van der Waals surface area contributed by atoms with Crippen molar-refractivity contribution in [2.45, 2.75) is 39.9 Å². The zero-order valence-electron chi connectivity index (χ0n) is 11.7. The van der Waals surface area contributed by atoms with Crippen molar-refractivity contribution in [3.05, 3.63) is 36.1 Å². The van der Waals surface area contributed by atoms with Gasteiger partial charge in [0.1, 0.15) is 12.0 Å². The SMILES string of the molecule is CCN(Cc1ccco1)c1nc(CNC(C)C)co1. The molecule has 0 aliphatic heterocycles. The van der Waals surface area contributed by atoms with Crippen molar-refractivity contribution in [2.24, 2.45) is 0 Å². The lowest BCUT2D eigenvalue weighted by molar-refractivity contribution is 0.480. The summed E-state index contributed by atoms with van der Waals surface area (Å²) in [5.74, 6) is 0.905. The molecule has 2 aromatic heterocycles. The van der Waals surface area contributed by atoms with E-state index in [4.69, 9.17) is 8.83 Å². The molecule has 0 aromatic carbocycles. The normalized spacial score (nSPS) is 11.2. The molecular weight excluding hydrogens is 242 g/mol. The van der Waals surface area contributed by atoms with Gasteiger partial charge in [0.2, 0.25) is 0 Å². The molecule has 0 spiro atoms. The van der Waals surface area contributed by atoms with Crippen LogP contribution in [0, 0.1) is 0 Å². The van der Waals surface area contributed by atoms with Gasteiger partial charge in [0.05, 0.1) is 18.5 Å². The van der Waals surface area contributed by atoms with Crippen molar-refractivity contribution in [2.75, 3.05) is 11.4 Å². The molecule has 0 aliphatic carbocycles. The molecule has 104 valence electrons. The number of hydrogen-bond acceptors (Lipinski definition) is 5. The molecule has 2 heterocycles.